The van der Waals surface area contributed by atoms with Gasteiger partial charge in [0.15, 0.2) is 0 Å². The average molecular weight is 349 g/mol. The molecule has 1 saturated heterocycles. The van der Waals surface area contributed by atoms with E-state index in [9.17, 15) is 14.7 Å². The van der Waals surface area contributed by atoms with Gasteiger partial charge >= 0.3 is 6.09 Å². The molecule has 1 fully saturated rings. The van der Waals surface area contributed by atoms with Crippen LogP contribution in [0.15, 0.2) is 24.4 Å². The van der Waals surface area contributed by atoms with E-state index in [0.717, 1.165) is 5.69 Å². The molecule has 0 radical (unpaired) electrons. The molecule has 1 aromatic rings. The van der Waals surface area contributed by atoms with Gasteiger partial charge in [-0.15, -0.1) is 0 Å². The van der Waals surface area contributed by atoms with Crippen molar-refractivity contribution in [2.75, 3.05) is 19.7 Å². The number of hydrogen-bond donors (Lipinski definition) is 2. The molecule has 138 valence electrons. The summed E-state index contributed by atoms with van der Waals surface area (Å²) in [6, 6.07) is 5.60. The van der Waals surface area contributed by atoms with Crippen molar-refractivity contribution in [1.82, 2.24) is 15.2 Å². The van der Waals surface area contributed by atoms with Gasteiger partial charge in [-0.2, -0.15) is 0 Å². The van der Waals surface area contributed by atoms with E-state index in [0.29, 0.717) is 32.4 Å². The van der Waals surface area contributed by atoms with Crippen LogP contribution >= 0.6 is 0 Å². The minimum Gasteiger partial charge on any atom is -0.444 e. The van der Waals surface area contributed by atoms with Gasteiger partial charge in [0.25, 0.3) is 0 Å². The molecular weight excluding hydrogens is 322 g/mol. The number of amides is 2. The lowest BCUT2D eigenvalue weighted by atomic mass is 9.86. The molecular formula is C18H27N3O4. The highest BCUT2D eigenvalue weighted by Crippen LogP contribution is 2.26. The minimum absolute atomic E-state index is 0.0529. The van der Waals surface area contributed by atoms with Crippen molar-refractivity contribution in [3.63, 3.8) is 0 Å². The molecule has 0 aromatic carbocycles. The van der Waals surface area contributed by atoms with Crippen LogP contribution in [-0.2, 0) is 16.0 Å². The van der Waals surface area contributed by atoms with E-state index in [1.165, 1.54) is 0 Å². The van der Waals surface area contributed by atoms with E-state index in [-0.39, 0.29) is 12.5 Å². The molecule has 25 heavy (non-hydrogen) atoms. The molecule has 0 aliphatic carbocycles. The fourth-order valence-corrected chi connectivity index (χ4v) is 2.80. The van der Waals surface area contributed by atoms with Gasteiger partial charge in [0.1, 0.15) is 5.60 Å². The van der Waals surface area contributed by atoms with E-state index in [1.807, 2.05) is 39.0 Å². The number of rotatable bonds is 6. The Hall–Kier alpha value is -2.15. The minimum atomic E-state index is -0.577. The molecule has 0 atom stereocenters. The predicted octanol–water partition coefficient (Wildman–Crippen LogP) is 1.50. The fourth-order valence-electron chi connectivity index (χ4n) is 2.80. The van der Waals surface area contributed by atoms with Crippen molar-refractivity contribution < 1.29 is 19.4 Å². The van der Waals surface area contributed by atoms with E-state index in [1.54, 1.807) is 11.1 Å². The molecule has 1 aromatic heterocycles. The second kappa shape index (κ2) is 7.82. The van der Waals surface area contributed by atoms with E-state index >= 15 is 0 Å². The zero-order valence-electron chi connectivity index (χ0n) is 15.1. The second-order valence-electron chi connectivity index (χ2n) is 7.46. The number of pyridine rings is 1. The summed E-state index contributed by atoms with van der Waals surface area (Å²) in [5, 5.41) is 12.3. The summed E-state index contributed by atoms with van der Waals surface area (Å²) < 4.78 is 5.33. The third-order valence-corrected chi connectivity index (χ3v) is 3.97. The molecule has 2 amide bonds. The Morgan fingerprint density at radius 1 is 1.36 bits per heavy atom. The Morgan fingerprint density at radius 3 is 2.64 bits per heavy atom. The third-order valence-electron chi connectivity index (χ3n) is 3.97. The Labute approximate surface area is 148 Å². The highest BCUT2D eigenvalue weighted by molar-refractivity contribution is 5.78. The van der Waals surface area contributed by atoms with Crippen LogP contribution in [0.2, 0.25) is 0 Å². The van der Waals surface area contributed by atoms with Gasteiger partial charge in [0.2, 0.25) is 5.91 Å². The zero-order chi connectivity index (χ0) is 18.5. The van der Waals surface area contributed by atoms with Crippen LogP contribution in [0.5, 0.6) is 0 Å². The number of carbonyl (C=O) groups is 2. The summed E-state index contributed by atoms with van der Waals surface area (Å²) >= 11 is 0. The summed E-state index contributed by atoms with van der Waals surface area (Å²) in [6.07, 6.45) is 2.57. The van der Waals surface area contributed by atoms with Gasteiger partial charge in [0.05, 0.1) is 5.54 Å². The van der Waals surface area contributed by atoms with Crippen LogP contribution in [0, 0.1) is 0 Å². The molecule has 0 bridgehead atoms. The monoisotopic (exact) mass is 349 g/mol. The molecule has 7 heteroatoms. The molecule has 0 unspecified atom stereocenters. The maximum Gasteiger partial charge on any atom is 0.410 e. The maximum absolute atomic E-state index is 12.2. The van der Waals surface area contributed by atoms with Gasteiger partial charge in [0, 0.05) is 38.0 Å². The van der Waals surface area contributed by atoms with Gasteiger partial charge < -0.3 is 20.1 Å². The van der Waals surface area contributed by atoms with Crippen LogP contribution in [0.3, 0.4) is 0 Å². The molecule has 0 spiro atoms. The third kappa shape index (κ3) is 5.70. The zero-order valence-corrected chi connectivity index (χ0v) is 15.1. The van der Waals surface area contributed by atoms with Gasteiger partial charge in [-0.1, -0.05) is 6.07 Å². The van der Waals surface area contributed by atoms with E-state index < -0.39 is 17.2 Å². The quantitative estimate of drug-likeness (QED) is 0.812. The van der Waals surface area contributed by atoms with Crippen molar-refractivity contribution in [2.45, 2.75) is 51.2 Å². The van der Waals surface area contributed by atoms with Gasteiger partial charge in [-0.25, -0.2) is 4.79 Å². The summed E-state index contributed by atoms with van der Waals surface area (Å²) in [6.45, 7) is 6.07. The Bertz CT molecular complexity index is 592. The number of nitrogens with zero attached hydrogens (tertiary/aromatic N) is 2. The van der Waals surface area contributed by atoms with E-state index in [2.05, 4.69) is 10.3 Å². The summed E-state index contributed by atoms with van der Waals surface area (Å²) in [7, 11) is 0. The number of hydrogen-bond acceptors (Lipinski definition) is 5. The van der Waals surface area contributed by atoms with Crippen molar-refractivity contribution in [3.8, 4) is 0 Å². The van der Waals surface area contributed by atoms with Crippen LogP contribution in [-0.4, -0.2) is 57.8 Å². The number of nitrogens with one attached hydrogen (secondary N) is 1. The van der Waals surface area contributed by atoms with Crippen molar-refractivity contribution >= 4 is 12.0 Å². The highest BCUT2D eigenvalue weighted by atomic mass is 16.6. The van der Waals surface area contributed by atoms with Crippen molar-refractivity contribution in [3.05, 3.63) is 30.1 Å². The van der Waals surface area contributed by atoms with E-state index in [4.69, 9.17) is 4.74 Å². The number of aliphatic hydroxyl groups excluding tert-OH is 1. The van der Waals surface area contributed by atoms with Crippen LogP contribution in [0.25, 0.3) is 0 Å². The number of aromatic nitrogens is 1. The molecule has 0 saturated carbocycles. The fraction of sp³-hybridized carbons (Fsp3) is 0.611. The number of aryl methyl sites for hydroxylation is 1. The molecule has 7 nitrogen and oxygen atoms in total. The first kappa shape index (κ1) is 19.2. The number of ether oxygens (including phenoxy) is 1. The lowest BCUT2D eigenvalue weighted by Crippen LogP contribution is -2.71. The molecule has 2 rings (SSSR count). The average Bonchev–Trinajstić information content (AvgIpc) is 2.49. The molecule has 1 aliphatic rings. The number of carbonyl (C=O) groups excluding carboxylic acids is 2. The van der Waals surface area contributed by atoms with Gasteiger partial charge in [-0.3, -0.25) is 9.78 Å². The molecule has 1 aliphatic heterocycles. The lowest BCUT2D eigenvalue weighted by Gasteiger charge is -2.50. The first-order valence-electron chi connectivity index (χ1n) is 8.53. The predicted molar refractivity (Wildman–Crippen MR) is 92.9 cm³/mol. The van der Waals surface area contributed by atoms with Gasteiger partial charge in [-0.05, 0) is 45.7 Å². The summed E-state index contributed by atoms with van der Waals surface area (Å²) in [5.74, 6) is -0.108. The second-order valence-corrected chi connectivity index (χ2v) is 7.46. The number of aliphatic hydroxyl groups is 1. The standard InChI is InChI=1S/C18H27N3O4/c1-17(2,3)25-16(24)21-12-18(13-21,9-11-22)20-15(23)8-7-14-6-4-5-10-19-14/h4-6,10,22H,7-9,11-13H2,1-3H3,(H,20,23). The Balaban J connectivity index is 1.85. The molecule has 2 N–H and O–H groups in total. The number of likely N-dealkylation sites (tertiary alicyclic amines) is 1. The Kier molecular flexibility index (Phi) is 6.00. The summed E-state index contributed by atoms with van der Waals surface area (Å²) in [5.41, 5.74) is -0.275. The Morgan fingerprint density at radius 2 is 2.08 bits per heavy atom. The largest absolute Gasteiger partial charge is 0.444 e. The molecule has 2 heterocycles. The van der Waals surface area contributed by atoms with Crippen LogP contribution in [0.1, 0.15) is 39.3 Å². The SMILES string of the molecule is CC(C)(C)OC(=O)N1CC(CCO)(NC(=O)CCc2ccccn2)C1. The maximum atomic E-state index is 12.2. The first-order valence-corrected chi connectivity index (χ1v) is 8.53. The summed E-state index contributed by atoms with van der Waals surface area (Å²) in [4.78, 5) is 30.0. The topological polar surface area (TPSA) is 91.8 Å². The van der Waals surface area contributed by atoms with Crippen molar-refractivity contribution in [1.29, 1.82) is 0 Å². The normalized spacial score (nSPS) is 16.1. The lowest BCUT2D eigenvalue weighted by molar-refractivity contribution is -0.126. The van der Waals surface area contributed by atoms with Crippen molar-refractivity contribution in [2.24, 2.45) is 0 Å². The smallest absolute Gasteiger partial charge is 0.410 e. The van der Waals surface area contributed by atoms with Crippen LogP contribution in [0.4, 0.5) is 4.79 Å². The van der Waals surface area contributed by atoms with Crippen LogP contribution < -0.4 is 5.32 Å². The first-order chi connectivity index (χ1) is 11.7. The highest BCUT2D eigenvalue weighted by Gasteiger charge is 2.47.